The summed E-state index contributed by atoms with van der Waals surface area (Å²) in [6, 6.07) is 11.9. The van der Waals surface area contributed by atoms with Crippen molar-refractivity contribution in [2.24, 2.45) is 5.92 Å². The number of pyridine rings is 1. The average Bonchev–Trinajstić information content (AvgIpc) is 3.15. The van der Waals surface area contributed by atoms with Crippen molar-refractivity contribution in [3.8, 4) is 11.6 Å². The maximum absolute atomic E-state index is 12.4. The smallest absolute Gasteiger partial charge is 0.309 e. The minimum absolute atomic E-state index is 0.166. The maximum atomic E-state index is 12.4. The van der Waals surface area contributed by atoms with Gasteiger partial charge < -0.3 is 9.47 Å². The molecule has 1 aliphatic heterocycles. The fourth-order valence-corrected chi connectivity index (χ4v) is 5.25. The molecule has 1 aliphatic carbocycles. The van der Waals surface area contributed by atoms with E-state index in [9.17, 15) is 4.79 Å². The van der Waals surface area contributed by atoms with Gasteiger partial charge in [-0.3, -0.25) is 9.36 Å². The van der Waals surface area contributed by atoms with E-state index in [0.29, 0.717) is 24.6 Å². The van der Waals surface area contributed by atoms with Crippen LogP contribution in [0.15, 0.2) is 47.1 Å². The Bertz CT molecular complexity index is 1110. The van der Waals surface area contributed by atoms with Crippen LogP contribution >= 0.6 is 15.9 Å². The Labute approximate surface area is 195 Å². The number of carbonyl (C=O) groups is 1. The van der Waals surface area contributed by atoms with Gasteiger partial charge in [0.25, 0.3) is 0 Å². The highest BCUT2D eigenvalue weighted by Crippen LogP contribution is 2.37. The van der Waals surface area contributed by atoms with Crippen molar-refractivity contribution in [2.75, 3.05) is 7.11 Å². The fourth-order valence-electron chi connectivity index (χ4n) is 4.84. The van der Waals surface area contributed by atoms with Crippen LogP contribution in [0.2, 0.25) is 0 Å². The number of hydrogen-bond donors (Lipinski definition) is 0. The Hall–Kier alpha value is -2.74. The minimum Gasteiger partial charge on any atom is -0.474 e. The number of hydrogen-bond acceptors (Lipinski definition) is 6. The van der Waals surface area contributed by atoms with Crippen LogP contribution in [0.3, 0.4) is 0 Å². The highest BCUT2D eigenvalue weighted by molar-refractivity contribution is 9.10. The van der Waals surface area contributed by atoms with Gasteiger partial charge in [-0.25, -0.2) is 4.98 Å². The number of rotatable bonds is 4. The van der Waals surface area contributed by atoms with Gasteiger partial charge in [0.2, 0.25) is 5.88 Å². The number of nitrogens with zero attached hydrogens (tertiary/aromatic N) is 4. The molecule has 166 valence electrons. The minimum atomic E-state index is -0.270. The molecular formula is C24H25BrN4O3. The van der Waals surface area contributed by atoms with Gasteiger partial charge >= 0.3 is 5.97 Å². The molecule has 0 radical (unpaired) electrons. The first-order valence-corrected chi connectivity index (χ1v) is 11.8. The summed E-state index contributed by atoms with van der Waals surface area (Å²) in [6.07, 6.45) is 6.90. The summed E-state index contributed by atoms with van der Waals surface area (Å²) >= 11 is 3.57. The van der Waals surface area contributed by atoms with Gasteiger partial charge in [-0.15, -0.1) is 10.2 Å². The van der Waals surface area contributed by atoms with Gasteiger partial charge in [-0.1, -0.05) is 22.0 Å². The van der Waals surface area contributed by atoms with Crippen LogP contribution in [0, 0.1) is 5.92 Å². The molecule has 1 unspecified atom stereocenters. The van der Waals surface area contributed by atoms with Crippen LogP contribution in [-0.2, 0) is 22.4 Å². The zero-order valence-electron chi connectivity index (χ0n) is 17.9. The first-order valence-electron chi connectivity index (χ1n) is 11.0. The molecule has 1 fully saturated rings. The molecule has 5 rings (SSSR count). The summed E-state index contributed by atoms with van der Waals surface area (Å²) in [4.78, 5) is 16.7. The van der Waals surface area contributed by atoms with Crippen molar-refractivity contribution in [1.82, 2.24) is 19.7 Å². The third kappa shape index (κ3) is 4.16. The molecule has 0 N–H and O–H groups in total. The molecule has 0 bridgehead atoms. The standard InChI is InChI=1S/C24H25BrN4O3/c1-31-24(30)17-12-16-13-18(25)7-10-20(16)29-21(14-17)27-28-23(29)15-5-8-19(9-6-15)32-22-4-2-3-11-26-22/h2-4,7,10-11,13,15,17,19H,5-6,8-9,12,14H2,1H3. The highest BCUT2D eigenvalue weighted by Gasteiger charge is 2.33. The summed E-state index contributed by atoms with van der Waals surface area (Å²) in [5.41, 5.74) is 2.16. The van der Waals surface area contributed by atoms with Gasteiger partial charge in [-0.05, 0) is 61.9 Å². The molecule has 0 saturated heterocycles. The Balaban J connectivity index is 1.41. The molecular weight excluding hydrogens is 472 g/mol. The third-order valence-electron chi connectivity index (χ3n) is 6.43. The Morgan fingerprint density at radius 1 is 1.09 bits per heavy atom. The largest absolute Gasteiger partial charge is 0.474 e. The number of aromatic nitrogens is 4. The lowest BCUT2D eigenvalue weighted by Gasteiger charge is -2.28. The first-order chi connectivity index (χ1) is 15.6. The second-order valence-electron chi connectivity index (χ2n) is 8.47. The third-order valence-corrected chi connectivity index (χ3v) is 6.93. The van der Waals surface area contributed by atoms with E-state index >= 15 is 0 Å². The molecule has 2 aliphatic rings. The van der Waals surface area contributed by atoms with Crippen LogP contribution in [0.4, 0.5) is 0 Å². The SMILES string of the molecule is COC(=O)C1Cc2cc(Br)ccc2-n2c(nnc2C2CCC(Oc3ccccn3)CC2)C1. The van der Waals surface area contributed by atoms with Crippen LogP contribution in [0.5, 0.6) is 5.88 Å². The second-order valence-corrected chi connectivity index (χ2v) is 9.39. The molecule has 1 aromatic carbocycles. The number of methoxy groups -OCH3 is 1. The first kappa shape index (κ1) is 21.1. The van der Waals surface area contributed by atoms with Crippen LogP contribution in [-0.4, -0.2) is 38.9 Å². The van der Waals surface area contributed by atoms with Gasteiger partial charge in [0.15, 0.2) is 0 Å². The van der Waals surface area contributed by atoms with Crippen LogP contribution in [0.1, 0.15) is 48.8 Å². The lowest BCUT2D eigenvalue weighted by molar-refractivity contribution is -0.145. The van der Waals surface area contributed by atoms with E-state index in [2.05, 4.69) is 47.8 Å². The number of ether oxygens (including phenoxy) is 2. The summed E-state index contributed by atoms with van der Waals surface area (Å²) in [5.74, 6) is 2.30. The average molecular weight is 497 g/mol. The quantitative estimate of drug-likeness (QED) is 0.497. The van der Waals surface area contributed by atoms with Crippen LogP contribution in [0.25, 0.3) is 5.69 Å². The molecule has 3 heterocycles. The summed E-state index contributed by atoms with van der Waals surface area (Å²) < 4.78 is 14.3. The van der Waals surface area contributed by atoms with E-state index in [-0.39, 0.29) is 18.0 Å². The molecule has 0 amide bonds. The lowest BCUT2D eigenvalue weighted by Crippen LogP contribution is -2.25. The molecule has 7 nitrogen and oxygen atoms in total. The summed E-state index contributed by atoms with van der Waals surface area (Å²) in [6.45, 7) is 0. The van der Waals surface area contributed by atoms with E-state index in [1.807, 2.05) is 24.3 Å². The zero-order valence-corrected chi connectivity index (χ0v) is 19.5. The van der Waals surface area contributed by atoms with E-state index in [1.54, 1.807) is 6.20 Å². The molecule has 2 aromatic heterocycles. The molecule has 1 saturated carbocycles. The number of esters is 1. The van der Waals surface area contributed by atoms with Crippen molar-refractivity contribution < 1.29 is 14.3 Å². The molecule has 3 aromatic rings. The normalized spacial score (nSPS) is 22.4. The van der Waals surface area contributed by atoms with Crippen molar-refractivity contribution in [3.05, 3.63) is 64.3 Å². The molecule has 0 spiro atoms. The van der Waals surface area contributed by atoms with Crippen molar-refractivity contribution >= 4 is 21.9 Å². The fraction of sp³-hybridized carbons (Fsp3) is 0.417. The second kappa shape index (κ2) is 9.02. The Morgan fingerprint density at radius 3 is 2.69 bits per heavy atom. The van der Waals surface area contributed by atoms with Gasteiger partial charge in [0.05, 0.1) is 18.7 Å². The number of fused-ring (bicyclic) bond motifs is 3. The number of halogens is 1. The molecule has 1 atom stereocenters. The Morgan fingerprint density at radius 2 is 1.94 bits per heavy atom. The highest BCUT2D eigenvalue weighted by atomic mass is 79.9. The van der Waals surface area contributed by atoms with E-state index < -0.39 is 0 Å². The lowest BCUT2D eigenvalue weighted by atomic mass is 9.86. The maximum Gasteiger partial charge on any atom is 0.309 e. The monoisotopic (exact) mass is 496 g/mol. The zero-order chi connectivity index (χ0) is 22.1. The van der Waals surface area contributed by atoms with Gasteiger partial charge in [0, 0.05) is 29.1 Å². The van der Waals surface area contributed by atoms with Crippen molar-refractivity contribution in [1.29, 1.82) is 0 Å². The van der Waals surface area contributed by atoms with Crippen molar-refractivity contribution in [2.45, 2.75) is 50.5 Å². The predicted molar refractivity (Wildman–Crippen MR) is 122 cm³/mol. The van der Waals surface area contributed by atoms with Crippen LogP contribution < -0.4 is 4.74 Å². The van der Waals surface area contributed by atoms with E-state index in [4.69, 9.17) is 9.47 Å². The van der Waals surface area contributed by atoms with Crippen molar-refractivity contribution in [3.63, 3.8) is 0 Å². The van der Waals surface area contributed by atoms with E-state index in [1.165, 1.54) is 7.11 Å². The molecule has 32 heavy (non-hydrogen) atoms. The van der Waals surface area contributed by atoms with Gasteiger partial charge in [0.1, 0.15) is 17.8 Å². The molecule has 8 heteroatoms. The van der Waals surface area contributed by atoms with Gasteiger partial charge in [-0.2, -0.15) is 0 Å². The Kier molecular flexibility index (Phi) is 5.95. The number of benzene rings is 1. The number of carbonyl (C=O) groups excluding carboxylic acids is 1. The summed E-state index contributed by atoms with van der Waals surface area (Å²) in [7, 11) is 1.44. The van der Waals surface area contributed by atoms with E-state index in [0.717, 1.165) is 53.1 Å². The predicted octanol–water partition coefficient (Wildman–Crippen LogP) is 4.42. The summed E-state index contributed by atoms with van der Waals surface area (Å²) in [5, 5.41) is 9.13. The topological polar surface area (TPSA) is 79.1 Å².